The van der Waals surface area contributed by atoms with E-state index in [9.17, 15) is 4.79 Å². The van der Waals surface area contributed by atoms with Gasteiger partial charge in [0.15, 0.2) is 0 Å². The van der Waals surface area contributed by atoms with Gasteiger partial charge >= 0.3 is 0 Å². The van der Waals surface area contributed by atoms with E-state index in [2.05, 4.69) is 16.4 Å². The average Bonchev–Trinajstić information content (AvgIpc) is 3.44. The number of rotatable bonds is 10. The van der Waals surface area contributed by atoms with Gasteiger partial charge in [-0.1, -0.05) is 60.7 Å². The van der Waals surface area contributed by atoms with Crippen LogP contribution in [-0.2, 0) is 29.8 Å². The predicted octanol–water partition coefficient (Wildman–Crippen LogP) is 5.26. The predicted molar refractivity (Wildman–Crippen MR) is 166 cm³/mol. The highest BCUT2D eigenvalue weighted by molar-refractivity contribution is 5.88. The highest BCUT2D eigenvalue weighted by atomic mass is 16.5. The van der Waals surface area contributed by atoms with Crippen LogP contribution in [-0.4, -0.2) is 38.3 Å². The smallest absolute Gasteiger partial charge is 0.234 e. The minimum atomic E-state index is -0.903. The molecule has 2 heterocycles. The Kier molecular flexibility index (Phi) is 7.69. The molecule has 0 unspecified atom stereocenters. The number of carbonyl (C=O) groups is 1. The van der Waals surface area contributed by atoms with Crippen molar-refractivity contribution >= 4 is 16.8 Å². The molecule has 0 radical (unpaired) electrons. The molecule has 43 heavy (non-hydrogen) atoms. The van der Waals surface area contributed by atoms with E-state index >= 15 is 0 Å². The van der Waals surface area contributed by atoms with Gasteiger partial charge in [0.05, 0.1) is 32.9 Å². The van der Waals surface area contributed by atoms with Crippen molar-refractivity contribution < 1.29 is 23.7 Å². The molecular formula is C35H35N3O5. The Balaban J connectivity index is 1.52. The number of aromatic amines is 1. The number of ether oxygens (including phenoxy) is 4. The molecule has 0 spiro atoms. The van der Waals surface area contributed by atoms with Gasteiger partial charge in [0.2, 0.25) is 5.91 Å². The van der Waals surface area contributed by atoms with Gasteiger partial charge in [0, 0.05) is 40.7 Å². The zero-order valence-corrected chi connectivity index (χ0v) is 24.5. The summed E-state index contributed by atoms with van der Waals surface area (Å²) in [6, 6.07) is 29.2. The summed E-state index contributed by atoms with van der Waals surface area (Å²) in [5.41, 5.74) is 10.9. The maximum atomic E-state index is 12.9. The van der Waals surface area contributed by atoms with Gasteiger partial charge in [-0.05, 0) is 41.3 Å². The topological polar surface area (TPSA) is 108 Å². The molecule has 4 N–H and O–H groups in total. The number of aromatic nitrogens is 1. The molecule has 0 saturated heterocycles. The highest BCUT2D eigenvalue weighted by Gasteiger charge is 2.46. The first-order chi connectivity index (χ1) is 21.0. The minimum absolute atomic E-state index is 0.386. The number of H-pyrrole nitrogens is 1. The number of nitrogens with one attached hydrogen (secondary N) is 2. The van der Waals surface area contributed by atoms with Gasteiger partial charge in [-0.25, -0.2) is 0 Å². The van der Waals surface area contributed by atoms with E-state index in [1.165, 1.54) is 0 Å². The number of hydrogen-bond acceptors (Lipinski definition) is 6. The molecule has 1 aliphatic heterocycles. The Bertz CT molecular complexity index is 1720. The summed E-state index contributed by atoms with van der Waals surface area (Å²) in [5.74, 6) is 2.15. The average molecular weight is 578 g/mol. The van der Waals surface area contributed by atoms with Crippen LogP contribution in [0.25, 0.3) is 10.9 Å². The van der Waals surface area contributed by atoms with Crippen molar-refractivity contribution in [2.24, 2.45) is 5.73 Å². The molecule has 8 heteroatoms. The van der Waals surface area contributed by atoms with E-state index in [0.29, 0.717) is 36.7 Å². The number of benzene rings is 4. The van der Waals surface area contributed by atoms with Crippen LogP contribution in [0.15, 0.2) is 91.0 Å². The monoisotopic (exact) mass is 577 g/mol. The van der Waals surface area contributed by atoms with Crippen LogP contribution in [0.5, 0.6) is 23.0 Å². The molecule has 1 aromatic heterocycles. The molecule has 0 aliphatic carbocycles. The lowest BCUT2D eigenvalue weighted by Crippen LogP contribution is -2.59. The summed E-state index contributed by atoms with van der Waals surface area (Å²) in [7, 11) is 4.85. The van der Waals surface area contributed by atoms with Crippen LogP contribution in [0.1, 0.15) is 27.9 Å². The van der Waals surface area contributed by atoms with Crippen LogP contribution >= 0.6 is 0 Å². The number of fused-ring (bicyclic) bond motifs is 3. The zero-order valence-electron chi connectivity index (χ0n) is 24.5. The molecule has 1 aliphatic rings. The zero-order chi connectivity index (χ0) is 30.0. The fraction of sp³-hybridized carbons (Fsp3) is 0.229. The minimum Gasteiger partial charge on any atom is -0.496 e. The van der Waals surface area contributed by atoms with Crippen LogP contribution in [0.3, 0.4) is 0 Å². The Hall–Kier alpha value is -4.95. The first-order valence-corrected chi connectivity index (χ1v) is 14.2. The van der Waals surface area contributed by atoms with Crippen LogP contribution < -0.4 is 30.0 Å². The number of methoxy groups -OCH3 is 3. The van der Waals surface area contributed by atoms with E-state index in [1.54, 1.807) is 21.3 Å². The van der Waals surface area contributed by atoms with Crippen LogP contribution in [0.4, 0.5) is 0 Å². The molecule has 8 nitrogen and oxygen atoms in total. The first-order valence-electron chi connectivity index (χ1n) is 14.2. The van der Waals surface area contributed by atoms with E-state index in [4.69, 9.17) is 24.7 Å². The molecular weight excluding hydrogens is 542 g/mol. The van der Waals surface area contributed by atoms with Gasteiger partial charge < -0.3 is 29.7 Å². The second-order valence-electron chi connectivity index (χ2n) is 10.7. The van der Waals surface area contributed by atoms with Gasteiger partial charge in [0.25, 0.3) is 0 Å². The van der Waals surface area contributed by atoms with Gasteiger partial charge in [-0.3, -0.25) is 10.1 Å². The van der Waals surface area contributed by atoms with Gasteiger partial charge in [-0.15, -0.1) is 0 Å². The molecule has 0 bridgehead atoms. The van der Waals surface area contributed by atoms with E-state index in [1.807, 2.05) is 84.9 Å². The SMILES string of the molecule is COc1cc(OC)c(C[C@@]2(c3ccc(OCc4ccccc4)cc3)N[C@@H](C(N)=O)Cc3c2[nH]c2ccccc32)c(OC)c1. The first kappa shape index (κ1) is 28.2. The molecule has 0 saturated carbocycles. The normalized spacial score (nSPS) is 17.7. The van der Waals surface area contributed by atoms with Crippen LogP contribution in [0, 0.1) is 0 Å². The Labute approximate surface area is 250 Å². The summed E-state index contributed by atoms with van der Waals surface area (Å²) in [5, 5.41) is 4.73. The number of nitrogens with two attached hydrogens (primary N) is 1. The third-order valence-corrected chi connectivity index (χ3v) is 8.27. The Morgan fingerprint density at radius 2 is 1.53 bits per heavy atom. The maximum absolute atomic E-state index is 12.9. The van der Waals surface area contributed by atoms with Crippen molar-refractivity contribution in [3.8, 4) is 23.0 Å². The lowest BCUT2D eigenvalue weighted by atomic mass is 9.74. The maximum Gasteiger partial charge on any atom is 0.234 e. The van der Waals surface area contributed by atoms with Crippen LogP contribution in [0.2, 0.25) is 0 Å². The Morgan fingerprint density at radius 1 is 0.860 bits per heavy atom. The Morgan fingerprint density at radius 3 is 2.19 bits per heavy atom. The van der Waals surface area contributed by atoms with Crippen molar-refractivity contribution in [1.29, 1.82) is 0 Å². The van der Waals surface area contributed by atoms with E-state index in [-0.39, 0.29) is 0 Å². The quantitative estimate of drug-likeness (QED) is 0.209. The molecule has 4 aromatic carbocycles. The standard InChI is InChI=1S/C35H35N3O5/c1-40-25-17-31(41-2)28(32(18-25)42-3)20-35(23-13-15-24(16-14-23)43-21-22-9-5-4-6-10-22)33-27(19-30(38-35)34(36)39)26-11-7-8-12-29(26)37-33/h4-18,30,37-38H,19-21H2,1-3H3,(H2,36,39)/t30-,35+/m1/s1. The van der Waals surface area contributed by atoms with Crippen molar-refractivity contribution in [2.45, 2.75) is 31.0 Å². The molecule has 6 rings (SSSR count). The van der Waals surface area contributed by atoms with E-state index < -0.39 is 17.5 Å². The second kappa shape index (κ2) is 11.7. The molecule has 1 amide bonds. The molecule has 220 valence electrons. The summed E-state index contributed by atoms with van der Waals surface area (Å²) in [4.78, 5) is 16.6. The number of amides is 1. The fourth-order valence-corrected chi connectivity index (χ4v) is 6.14. The number of para-hydroxylation sites is 1. The lowest BCUT2D eigenvalue weighted by Gasteiger charge is -2.42. The van der Waals surface area contributed by atoms with Gasteiger partial charge in [-0.2, -0.15) is 0 Å². The van der Waals surface area contributed by atoms with Crippen molar-refractivity contribution in [3.05, 3.63) is 119 Å². The van der Waals surface area contributed by atoms with Crippen molar-refractivity contribution in [2.75, 3.05) is 21.3 Å². The largest absolute Gasteiger partial charge is 0.496 e. The molecule has 0 fully saturated rings. The summed E-state index contributed by atoms with van der Waals surface area (Å²) < 4.78 is 23.3. The highest BCUT2D eigenvalue weighted by Crippen LogP contribution is 2.46. The molecule has 2 atom stereocenters. The third kappa shape index (κ3) is 5.26. The second-order valence-corrected chi connectivity index (χ2v) is 10.7. The number of carbonyl (C=O) groups excluding carboxylic acids is 1. The summed E-state index contributed by atoms with van der Waals surface area (Å²) in [6.45, 7) is 0.458. The number of hydrogen-bond donors (Lipinski definition) is 3. The lowest BCUT2D eigenvalue weighted by molar-refractivity contribution is -0.120. The number of primary amides is 1. The summed E-state index contributed by atoms with van der Waals surface area (Å²) in [6.07, 6.45) is 0.850. The van der Waals surface area contributed by atoms with E-state index in [0.717, 1.165) is 44.6 Å². The van der Waals surface area contributed by atoms with Crippen molar-refractivity contribution in [1.82, 2.24) is 10.3 Å². The van der Waals surface area contributed by atoms with Crippen molar-refractivity contribution in [3.63, 3.8) is 0 Å². The summed E-state index contributed by atoms with van der Waals surface area (Å²) >= 11 is 0. The third-order valence-electron chi connectivity index (χ3n) is 8.27. The molecule has 5 aromatic rings. The fourth-order valence-electron chi connectivity index (χ4n) is 6.14. The van der Waals surface area contributed by atoms with Gasteiger partial charge in [0.1, 0.15) is 29.6 Å².